The van der Waals surface area contributed by atoms with Crippen LogP contribution in [0.4, 0.5) is 11.4 Å². The van der Waals surface area contributed by atoms with Gasteiger partial charge in [-0.3, -0.25) is 14.7 Å². The van der Waals surface area contributed by atoms with Gasteiger partial charge in [0.25, 0.3) is 5.91 Å². The van der Waals surface area contributed by atoms with E-state index < -0.39 is 11.1 Å². The Labute approximate surface area is 316 Å². The summed E-state index contributed by atoms with van der Waals surface area (Å²) in [5, 5.41) is 10.6. The molecule has 3 heterocycles. The van der Waals surface area contributed by atoms with Crippen LogP contribution in [0.5, 0.6) is 0 Å². The van der Waals surface area contributed by atoms with E-state index in [-0.39, 0.29) is 18.0 Å². The number of amides is 1. The fourth-order valence-electron chi connectivity index (χ4n) is 9.12. The van der Waals surface area contributed by atoms with Crippen molar-refractivity contribution in [2.75, 3.05) is 30.5 Å². The summed E-state index contributed by atoms with van der Waals surface area (Å²) in [7, 11) is 1.92. The van der Waals surface area contributed by atoms with E-state index in [2.05, 4.69) is 176 Å². The molecule has 0 saturated carbocycles. The van der Waals surface area contributed by atoms with Crippen LogP contribution in [0.15, 0.2) is 194 Å². The highest BCUT2D eigenvalue weighted by Gasteiger charge is 2.66. The highest BCUT2D eigenvalue weighted by Crippen LogP contribution is 2.62. The first-order valence-electron chi connectivity index (χ1n) is 18.6. The average molecular weight is 707 g/mol. The molecule has 1 spiro atoms. The third-order valence-electron chi connectivity index (χ3n) is 11.3. The predicted octanol–water partition coefficient (Wildman–Crippen LogP) is 7.74. The number of anilines is 2. The Kier molecular flexibility index (Phi) is 8.66. The molecule has 3 N–H and O–H groups in total. The number of hydrogen-bond acceptors (Lipinski definition) is 6. The lowest BCUT2D eigenvalue weighted by Crippen LogP contribution is -2.59. The topological polar surface area (TPSA) is 72.5 Å². The Morgan fingerprint density at radius 3 is 1.93 bits per heavy atom. The normalized spacial score (nSPS) is 19.4. The van der Waals surface area contributed by atoms with Gasteiger partial charge in [0.2, 0.25) is 0 Å². The van der Waals surface area contributed by atoms with E-state index >= 15 is 0 Å². The molecule has 3 atom stereocenters. The minimum atomic E-state index is -0.839. The molecule has 54 heavy (non-hydrogen) atoms. The van der Waals surface area contributed by atoms with E-state index in [4.69, 9.17) is 0 Å². The lowest BCUT2D eigenvalue weighted by Gasteiger charge is -2.52. The van der Waals surface area contributed by atoms with Crippen molar-refractivity contribution >= 4 is 17.3 Å². The molecule has 1 aliphatic carbocycles. The van der Waals surface area contributed by atoms with Crippen LogP contribution in [0.2, 0.25) is 0 Å². The number of nitrogens with one attached hydrogen (secondary N) is 3. The third-order valence-corrected chi connectivity index (χ3v) is 11.3. The summed E-state index contributed by atoms with van der Waals surface area (Å²) >= 11 is 0. The largest absolute Gasteiger partial charge is 0.356 e. The molecule has 2 aliphatic heterocycles. The van der Waals surface area contributed by atoms with Crippen LogP contribution >= 0.6 is 0 Å². The maximum Gasteiger partial charge on any atom is 0.253 e. The fourth-order valence-corrected chi connectivity index (χ4v) is 9.12. The van der Waals surface area contributed by atoms with Gasteiger partial charge < -0.3 is 20.9 Å². The quantitative estimate of drug-likeness (QED) is 0.127. The molecule has 2 unspecified atom stereocenters. The van der Waals surface area contributed by atoms with E-state index in [1.165, 1.54) is 0 Å². The second kappa shape index (κ2) is 13.9. The molecule has 266 valence electrons. The third kappa shape index (κ3) is 5.19. The lowest BCUT2D eigenvalue weighted by molar-refractivity contribution is -0.118. The van der Waals surface area contributed by atoms with Gasteiger partial charge in [0.1, 0.15) is 5.54 Å². The van der Waals surface area contributed by atoms with Crippen LogP contribution < -0.4 is 20.9 Å². The minimum absolute atomic E-state index is 0.129. The number of pyridine rings is 1. The monoisotopic (exact) mass is 706 g/mol. The van der Waals surface area contributed by atoms with Gasteiger partial charge in [0.15, 0.2) is 0 Å². The van der Waals surface area contributed by atoms with E-state index in [1.807, 2.05) is 43.7 Å². The Bertz CT molecular complexity index is 2220. The Morgan fingerprint density at radius 2 is 1.33 bits per heavy atom. The molecule has 1 amide bonds. The zero-order chi connectivity index (χ0) is 36.5. The summed E-state index contributed by atoms with van der Waals surface area (Å²) in [6.45, 7) is 1.13. The highest BCUT2D eigenvalue weighted by molar-refractivity contribution is 6.00. The van der Waals surface area contributed by atoms with Crippen molar-refractivity contribution in [3.8, 4) is 0 Å². The van der Waals surface area contributed by atoms with Crippen LogP contribution in [-0.4, -0.2) is 42.1 Å². The average Bonchev–Trinajstić information content (AvgIpc) is 3.78. The number of fused-ring (bicyclic) bond motifs is 1. The number of hydrogen-bond donors (Lipinski definition) is 3. The summed E-state index contributed by atoms with van der Waals surface area (Å²) in [6, 6.07) is 54.9. The standard InChI is InChI=1S/C47H42N6O/c1-48-32-42(34-16-6-2-7-17-34)51-45(54)39-26-27-43-47(40-24-14-15-25-41(40)50-44(39)47)53(33-52(43)38-28-30-49-31-29-38)46(35-18-8-3-9-19-35,36-20-10-4-11-21-36)37-22-12-5-13-23-37/h2-31,42-43,48,50H,32-33H2,1H3,(H,51,54)/t42?,43-,47?/m0/s1. The molecular weight excluding hydrogens is 665 g/mol. The van der Waals surface area contributed by atoms with Gasteiger partial charge in [-0.1, -0.05) is 146 Å². The molecule has 6 aromatic rings. The summed E-state index contributed by atoms with van der Waals surface area (Å²) in [6.07, 6.45) is 7.99. The van der Waals surface area contributed by atoms with Crippen molar-refractivity contribution in [1.82, 2.24) is 20.5 Å². The Hall–Kier alpha value is -6.28. The van der Waals surface area contributed by atoms with Crippen molar-refractivity contribution in [1.29, 1.82) is 0 Å². The highest BCUT2D eigenvalue weighted by atomic mass is 16.1. The van der Waals surface area contributed by atoms with E-state index in [9.17, 15) is 4.79 Å². The molecule has 7 nitrogen and oxygen atoms in total. The van der Waals surface area contributed by atoms with Crippen molar-refractivity contribution in [2.45, 2.75) is 23.2 Å². The van der Waals surface area contributed by atoms with E-state index in [0.717, 1.165) is 44.9 Å². The molecule has 3 aliphatic rings. The van der Waals surface area contributed by atoms with Crippen LogP contribution in [0.1, 0.15) is 33.9 Å². The number of carbonyl (C=O) groups is 1. The van der Waals surface area contributed by atoms with Gasteiger partial charge in [0, 0.05) is 35.9 Å². The zero-order valence-corrected chi connectivity index (χ0v) is 30.1. The summed E-state index contributed by atoms with van der Waals surface area (Å²) < 4.78 is 0. The summed E-state index contributed by atoms with van der Waals surface area (Å²) in [5.41, 5.74) is 7.46. The number of carbonyl (C=O) groups excluding carboxylic acids is 1. The van der Waals surface area contributed by atoms with Crippen molar-refractivity contribution in [3.63, 3.8) is 0 Å². The summed E-state index contributed by atoms with van der Waals surface area (Å²) in [5.74, 6) is -0.129. The summed E-state index contributed by atoms with van der Waals surface area (Å²) in [4.78, 5) is 24.4. The number of para-hydroxylation sites is 1. The second-order valence-electron chi connectivity index (χ2n) is 14.1. The Morgan fingerprint density at radius 1 is 0.778 bits per heavy atom. The first-order chi connectivity index (χ1) is 26.7. The van der Waals surface area contributed by atoms with Crippen LogP contribution in [0.25, 0.3) is 0 Å². The van der Waals surface area contributed by atoms with Gasteiger partial charge >= 0.3 is 0 Å². The van der Waals surface area contributed by atoms with Crippen molar-refractivity contribution in [2.24, 2.45) is 0 Å². The molecule has 0 radical (unpaired) electrons. The second-order valence-corrected chi connectivity index (χ2v) is 14.1. The van der Waals surface area contributed by atoms with Crippen molar-refractivity contribution in [3.05, 3.63) is 221 Å². The van der Waals surface area contributed by atoms with Gasteiger partial charge in [0.05, 0.1) is 35.6 Å². The smallest absolute Gasteiger partial charge is 0.253 e. The van der Waals surface area contributed by atoms with Gasteiger partial charge in [-0.15, -0.1) is 0 Å². The number of aromatic nitrogens is 1. The minimum Gasteiger partial charge on any atom is -0.356 e. The van der Waals surface area contributed by atoms with Gasteiger partial charge in [-0.2, -0.15) is 0 Å². The van der Waals surface area contributed by atoms with Crippen LogP contribution in [0.3, 0.4) is 0 Å². The first kappa shape index (κ1) is 33.5. The molecule has 1 saturated heterocycles. The fraction of sp³-hybridized carbons (Fsp3) is 0.149. The predicted molar refractivity (Wildman–Crippen MR) is 216 cm³/mol. The molecule has 1 aromatic heterocycles. The molecule has 7 heteroatoms. The number of nitrogens with zero attached hydrogens (tertiary/aromatic N) is 3. The van der Waals surface area contributed by atoms with Crippen LogP contribution in [-0.2, 0) is 15.9 Å². The molecule has 1 fully saturated rings. The maximum absolute atomic E-state index is 14.9. The maximum atomic E-state index is 14.9. The van der Waals surface area contributed by atoms with Gasteiger partial charge in [-0.05, 0) is 53.6 Å². The Balaban J connectivity index is 1.35. The van der Waals surface area contributed by atoms with E-state index in [0.29, 0.717) is 18.8 Å². The van der Waals surface area contributed by atoms with Crippen molar-refractivity contribution < 1.29 is 4.79 Å². The van der Waals surface area contributed by atoms with Gasteiger partial charge in [-0.25, -0.2) is 0 Å². The molecule has 9 rings (SSSR count). The lowest BCUT2D eigenvalue weighted by atomic mass is 9.69. The first-order valence-corrected chi connectivity index (χ1v) is 18.6. The van der Waals surface area contributed by atoms with E-state index in [1.54, 1.807) is 0 Å². The zero-order valence-electron chi connectivity index (χ0n) is 30.1. The van der Waals surface area contributed by atoms with Crippen LogP contribution in [0, 0.1) is 0 Å². The molecular formula is C47H42N6O. The number of rotatable bonds is 10. The molecule has 5 aromatic carbocycles. The SMILES string of the molecule is CNCC(NC(=O)C1=C2Nc3ccccc3C23[C@H](C=C1)N(c1ccncc1)CN3C(c1ccccc1)(c1ccccc1)c1ccccc1)c1ccccc1. The molecule has 0 bridgehead atoms. The number of benzene rings is 5. The number of likely N-dealkylation sites (N-methyl/N-ethyl adjacent to an activating group) is 1.